The van der Waals surface area contributed by atoms with E-state index in [0.717, 1.165) is 35.8 Å². The molecule has 6 heteroatoms. The minimum Gasteiger partial charge on any atom is -0.493 e. The number of thioether (sulfide) groups is 1. The fourth-order valence-electron chi connectivity index (χ4n) is 2.89. The fraction of sp³-hybridized carbons (Fsp3) is 0.368. The van der Waals surface area contributed by atoms with Crippen molar-refractivity contribution in [1.82, 2.24) is 0 Å². The molecule has 25 heavy (non-hydrogen) atoms. The van der Waals surface area contributed by atoms with Gasteiger partial charge in [0.25, 0.3) is 0 Å². The van der Waals surface area contributed by atoms with Gasteiger partial charge in [-0.3, -0.25) is 0 Å². The summed E-state index contributed by atoms with van der Waals surface area (Å²) in [6.07, 6.45) is 5.75. The standard InChI is InChI=1S/C19H20Cl2O2S2/c1-22-18-5-6-19(25-18)24-8-7-13-3-2-4-14(13)12-23-17-10-15(20)9-16(21)11-17/h3,5-6,9-11,14H,2,4,7-8,12H2,1H3/t14-/m1/s1. The van der Waals surface area contributed by atoms with Crippen molar-refractivity contribution in [3.05, 3.63) is 52.0 Å². The van der Waals surface area contributed by atoms with Gasteiger partial charge in [0.15, 0.2) is 5.06 Å². The number of ether oxygens (including phenoxy) is 2. The second-order valence-electron chi connectivity index (χ2n) is 5.85. The van der Waals surface area contributed by atoms with Crippen LogP contribution in [0.1, 0.15) is 19.3 Å². The molecule has 1 heterocycles. The fourth-order valence-corrected chi connectivity index (χ4v) is 5.38. The Morgan fingerprint density at radius 3 is 2.72 bits per heavy atom. The van der Waals surface area contributed by atoms with E-state index in [9.17, 15) is 0 Å². The Bertz CT molecular complexity index is 723. The SMILES string of the molecule is COc1ccc(SCCC2=CCC[C@@H]2COc2cc(Cl)cc(Cl)c2)s1. The number of allylic oxidation sites excluding steroid dienone is 1. The minimum absolute atomic E-state index is 0.483. The van der Waals surface area contributed by atoms with Crippen molar-refractivity contribution in [3.8, 4) is 10.8 Å². The second kappa shape index (κ2) is 9.22. The zero-order chi connectivity index (χ0) is 17.6. The third-order valence-electron chi connectivity index (χ3n) is 4.13. The third-order valence-corrected chi connectivity index (χ3v) is 6.84. The molecule has 1 aliphatic carbocycles. The predicted octanol–water partition coefficient (Wildman–Crippen LogP) is 6.96. The smallest absolute Gasteiger partial charge is 0.174 e. The van der Waals surface area contributed by atoms with Crippen molar-refractivity contribution >= 4 is 46.3 Å². The van der Waals surface area contributed by atoms with Crippen LogP contribution in [0.15, 0.2) is 46.2 Å². The number of benzene rings is 1. The monoisotopic (exact) mass is 414 g/mol. The summed E-state index contributed by atoms with van der Waals surface area (Å²) in [6.45, 7) is 0.681. The van der Waals surface area contributed by atoms with E-state index in [1.165, 1.54) is 9.78 Å². The number of hydrogen-bond donors (Lipinski definition) is 0. The lowest BCUT2D eigenvalue weighted by molar-refractivity contribution is 0.266. The van der Waals surface area contributed by atoms with Crippen LogP contribution in [0, 0.1) is 5.92 Å². The van der Waals surface area contributed by atoms with E-state index in [-0.39, 0.29) is 0 Å². The maximum absolute atomic E-state index is 6.03. The van der Waals surface area contributed by atoms with Crippen LogP contribution in [-0.2, 0) is 0 Å². The average molecular weight is 415 g/mol. The van der Waals surface area contributed by atoms with Crippen LogP contribution in [0.25, 0.3) is 0 Å². The molecule has 0 N–H and O–H groups in total. The Labute approximate surface area is 167 Å². The molecule has 3 rings (SSSR count). The molecule has 0 saturated carbocycles. The number of rotatable bonds is 8. The topological polar surface area (TPSA) is 18.5 Å². The normalized spacial score (nSPS) is 16.8. The first kappa shape index (κ1) is 19.0. The number of hydrogen-bond acceptors (Lipinski definition) is 4. The van der Waals surface area contributed by atoms with Crippen LogP contribution in [0.3, 0.4) is 0 Å². The summed E-state index contributed by atoms with van der Waals surface area (Å²) in [5.74, 6) is 2.30. The quantitative estimate of drug-likeness (QED) is 0.343. The molecule has 2 nitrogen and oxygen atoms in total. The average Bonchev–Trinajstić information content (AvgIpc) is 3.21. The van der Waals surface area contributed by atoms with E-state index in [4.69, 9.17) is 32.7 Å². The summed E-state index contributed by atoms with van der Waals surface area (Å²) in [6, 6.07) is 9.49. The Balaban J connectivity index is 1.47. The molecule has 1 aliphatic rings. The van der Waals surface area contributed by atoms with E-state index < -0.39 is 0 Å². The largest absolute Gasteiger partial charge is 0.493 e. The zero-order valence-corrected chi connectivity index (χ0v) is 17.1. The predicted molar refractivity (Wildman–Crippen MR) is 109 cm³/mol. The van der Waals surface area contributed by atoms with Gasteiger partial charge in [-0.2, -0.15) is 0 Å². The summed E-state index contributed by atoms with van der Waals surface area (Å²) < 4.78 is 12.5. The van der Waals surface area contributed by atoms with Gasteiger partial charge in [-0.25, -0.2) is 0 Å². The minimum atomic E-state index is 0.483. The van der Waals surface area contributed by atoms with E-state index in [0.29, 0.717) is 22.6 Å². The van der Waals surface area contributed by atoms with E-state index in [1.54, 1.807) is 24.5 Å². The molecule has 0 fully saturated rings. The van der Waals surface area contributed by atoms with Crippen molar-refractivity contribution in [2.75, 3.05) is 19.5 Å². The summed E-state index contributed by atoms with van der Waals surface area (Å²) in [5, 5.41) is 2.17. The Morgan fingerprint density at radius 2 is 2.00 bits per heavy atom. The Hall–Kier alpha value is -0.810. The molecule has 1 aromatic carbocycles. The molecular formula is C19H20Cl2O2S2. The molecule has 0 aliphatic heterocycles. The molecule has 0 saturated heterocycles. The van der Waals surface area contributed by atoms with Crippen molar-refractivity contribution in [2.24, 2.45) is 5.92 Å². The molecule has 0 unspecified atom stereocenters. The van der Waals surface area contributed by atoms with Crippen LogP contribution >= 0.6 is 46.3 Å². The molecule has 0 spiro atoms. The van der Waals surface area contributed by atoms with Gasteiger partial charge < -0.3 is 9.47 Å². The van der Waals surface area contributed by atoms with Gasteiger partial charge in [0.2, 0.25) is 0 Å². The molecular weight excluding hydrogens is 395 g/mol. The highest BCUT2D eigenvalue weighted by atomic mass is 35.5. The molecule has 1 atom stereocenters. The van der Waals surface area contributed by atoms with Crippen LogP contribution < -0.4 is 9.47 Å². The highest BCUT2D eigenvalue weighted by molar-refractivity contribution is 8.01. The van der Waals surface area contributed by atoms with Crippen molar-refractivity contribution in [1.29, 1.82) is 0 Å². The molecule has 134 valence electrons. The van der Waals surface area contributed by atoms with E-state index in [1.807, 2.05) is 30.0 Å². The van der Waals surface area contributed by atoms with Crippen LogP contribution in [-0.4, -0.2) is 19.5 Å². The second-order valence-corrected chi connectivity index (χ2v) is 9.16. The van der Waals surface area contributed by atoms with Crippen LogP contribution in [0.2, 0.25) is 10.0 Å². The summed E-state index contributed by atoms with van der Waals surface area (Å²) >= 11 is 15.6. The van der Waals surface area contributed by atoms with Gasteiger partial charge in [-0.1, -0.05) is 46.2 Å². The van der Waals surface area contributed by atoms with E-state index in [2.05, 4.69) is 12.1 Å². The Kier molecular flexibility index (Phi) is 7.00. The van der Waals surface area contributed by atoms with Gasteiger partial charge in [0, 0.05) is 21.7 Å². The summed E-state index contributed by atoms with van der Waals surface area (Å²) in [5.41, 5.74) is 1.50. The van der Waals surface area contributed by atoms with Crippen molar-refractivity contribution < 1.29 is 9.47 Å². The molecule has 0 radical (unpaired) electrons. The van der Waals surface area contributed by atoms with Gasteiger partial charge in [0.1, 0.15) is 5.75 Å². The third kappa shape index (κ3) is 5.58. The van der Waals surface area contributed by atoms with Crippen molar-refractivity contribution in [2.45, 2.75) is 23.5 Å². The summed E-state index contributed by atoms with van der Waals surface area (Å²) in [7, 11) is 1.71. The highest BCUT2D eigenvalue weighted by Gasteiger charge is 2.20. The van der Waals surface area contributed by atoms with Gasteiger partial charge in [-0.05, 0) is 49.6 Å². The maximum Gasteiger partial charge on any atom is 0.174 e. The zero-order valence-electron chi connectivity index (χ0n) is 14.0. The lowest BCUT2D eigenvalue weighted by atomic mass is 10.0. The maximum atomic E-state index is 6.03. The number of halogens is 2. The lowest BCUT2D eigenvalue weighted by Gasteiger charge is -2.16. The van der Waals surface area contributed by atoms with E-state index >= 15 is 0 Å². The molecule has 0 bridgehead atoms. The van der Waals surface area contributed by atoms with Gasteiger partial charge in [0.05, 0.1) is 17.9 Å². The van der Waals surface area contributed by atoms with Gasteiger partial charge >= 0.3 is 0 Å². The Morgan fingerprint density at radius 1 is 1.20 bits per heavy atom. The first-order valence-corrected chi connectivity index (χ1v) is 10.7. The number of thiophene rings is 1. The number of methoxy groups -OCH3 is 1. The first-order chi connectivity index (χ1) is 12.1. The van der Waals surface area contributed by atoms with Crippen LogP contribution in [0.5, 0.6) is 10.8 Å². The van der Waals surface area contributed by atoms with Gasteiger partial charge in [-0.15, -0.1) is 11.8 Å². The lowest BCUT2D eigenvalue weighted by Crippen LogP contribution is -2.12. The highest BCUT2D eigenvalue weighted by Crippen LogP contribution is 2.35. The molecule has 0 amide bonds. The molecule has 1 aromatic heterocycles. The molecule has 2 aromatic rings. The van der Waals surface area contributed by atoms with Crippen molar-refractivity contribution in [3.63, 3.8) is 0 Å². The summed E-state index contributed by atoms with van der Waals surface area (Å²) in [4.78, 5) is 0. The first-order valence-electron chi connectivity index (χ1n) is 8.18. The van der Waals surface area contributed by atoms with Crippen LogP contribution in [0.4, 0.5) is 0 Å².